The predicted octanol–water partition coefficient (Wildman–Crippen LogP) is 3.67. The van der Waals surface area contributed by atoms with Gasteiger partial charge in [-0.2, -0.15) is 4.37 Å². The molecule has 0 fully saturated rings. The van der Waals surface area contributed by atoms with Gasteiger partial charge in [0.05, 0.1) is 28.5 Å². The first-order valence-corrected chi connectivity index (χ1v) is 7.43. The van der Waals surface area contributed by atoms with Gasteiger partial charge in [-0.3, -0.25) is 4.98 Å². The number of benzene rings is 1. The van der Waals surface area contributed by atoms with Crippen LogP contribution in [0, 0.1) is 0 Å². The molecule has 0 aliphatic rings. The molecular formula is C14H11ClN4OS. The van der Waals surface area contributed by atoms with E-state index >= 15 is 0 Å². The summed E-state index contributed by atoms with van der Waals surface area (Å²) in [5.41, 5.74) is 2.16. The maximum atomic E-state index is 11.9. The van der Waals surface area contributed by atoms with Crippen molar-refractivity contribution in [2.45, 2.75) is 6.54 Å². The Morgan fingerprint density at radius 3 is 3.00 bits per heavy atom. The number of anilines is 1. The lowest BCUT2D eigenvalue weighted by Gasteiger charge is -2.10. The van der Waals surface area contributed by atoms with E-state index in [0.717, 1.165) is 11.1 Å². The monoisotopic (exact) mass is 318 g/mol. The topological polar surface area (TPSA) is 66.9 Å². The number of urea groups is 1. The Bertz CT molecular complexity index is 776. The molecule has 0 radical (unpaired) electrons. The molecule has 0 atom stereocenters. The Morgan fingerprint density at radius 2 is 2.19 bits per heavy atom. The number of carbonyl (C=O) groups is 1. The summed E-state index contributed by atoms with van der Waals surface area (Å²) in [5.74, 6) is 0. The van der Waals surface area contributed by atoms with Gasteiger partial charge in [0.25, 0.3) is 0 Å². The Morgan fingerprint density at radius 1 is 1.29 bits per heavy atom. The van der Waals surface area contributed by atoms with Crippen LogP contribution < -0.4 is 10.6 Å². The number of rotatable bonds is 3. The number of halogens is 1. The lowest BCUT2D eigenvalue weighted by atomic mass is 10.2. The predicted molar refractivity (Wildman–Crippen MR) is 84.7 cm³/mol. The summed E-state index contributed by atoms with van der Waals surface area (Å²) in [6.45, 7) is 0.388. The summed E-state index contributed by atoms with van der Waals surface area (Å²) < 4.78 is 4.13. The summed E-state index contributed by atoms with van der Waals surface area (Å²) in [4.78, 5) is 16.2. The first kappa shape index (κ1) is 13.8. The SMILES string of the molecule is O=C(NCc1ccsn1)Nc1ccc(Cl)c2ncccc12. The Kier molecular flexibility index (Phi) is 3.98. The minimum Gasteiger partial charge on any atom is -0.332 e. The largest absolute Gasteiger partial charge is 0.332 e. The molecule has 3 aromatic rings. The molecular weight excluding hydrogens is 308 g/mol. The molecule has 2 heterocycles. The van der Waals surface area contributed by atoms with Gasteiger partial charge in [-0.25, -0.2) is 4.79 Å². The Balaban J connectivity index is 1.75. The highest BCUT2D eigenvalue weighted by Crippen LogP contribution is 2.27. The first-order valence-electron chi connectivity index (χ1n) is 6.21. The number of pyridine rings is 1. The van der Waals surface area contributed by atoms with Crippen molar-refractivity contribution in [1.82, 2.24) is 14.7 Å². The normalized spacial score (nSPS) is 10.5. The summed E-state index contributed by atoms with van der Waals surface area (Å²) in [5, 5.41) is 8.78. The van der Waals surface area contributed by atoms with Gasteiger partial charge in [-0.1, -0.05) is 11.6 Å². The summed E-state index contributed by atoms with van der Waals surface area (Å²) in [7, 11) is 0. The first-order chi connectivity index (χ1) is 10.2. The van der Waals surface area contributed by atoms with Crippen LogP contribution in [0.3, 0.4) is 0 Å². The van der Waals surface area contributed by atoms with E-state index in [9.17, 15) is 4.79 Å². The van der Waals surface area contributed by atoms with E-state index in [1.165, 1.54) is 11.5 Å². The van der Waals surface area contributed by atoms with Crippen molar-refractivity contribution in [3.8, 4) is 0 Å². The molecule has 3 rings (SSSR count). The molecule has 21 heavy (non-hydrogen) atoms. The van der Waals surface area contributed by atoms with Gasteiger partial charge >= 0.3 is 6.03 Å². The van der Waals surface area contributed by atoms with E-state index in [4.69, 9.17) is 11.6 Å². The van der Waals surface area contributed by atoms with E-state index < -0.39 is 0 Å². The van der Waals surface area contributed by atoms with Crippen molar-refractivity contribution in [3.05, 3.63) is 52.6 Å². The van der Waals surface area contributed by atoms with Gasteiger partial charge in [-0.15, -0.1) is 0 Å². The van der Waals surface area contributed by atoms with E-state index in [1.807, 2.05) is 17.5 Å². The molecule has 0 saturated heterocycles. The van der Waals surface area contributed by atoms with Crippen LogP contribution in [0.1, 0.15) is 5.69 Å². The average Bonchev–Trinajstić information content (AvgIpc) is 3.02. The minimum atomic E-state index is -0.296. The zero-order chi connectivity index (χ0) is 14.7. The number of hydrogen-bond acceptors (Lipinski definition) is 4. The van der Waals surface area contributed by atoms with Crippen LogP contribution in [0.4, 0.5) is 10.5 Å². The molecule has 0 saturated carbocycles. The molecule has 106 valence electrons. The van der Waals surface area contributed by atoms with Crippen molar-refractivity contribution < 1.29 is 4.79 Å². The fourth-order valence-corrected chi connectivity index (χ4v) is 2.67. The van der Waals surface area contributed by atoms with Gasteiger partial charge in [-0.05, 0) is 41.9 Å². The quantitative estimate of drug-likeness (QED) is 0.774. The summed E-state index contributed by atoms with van der Waals surface area (Å²) in [6, 6.07) is 8.71. The van der Waals surface area contributed by atoms with Crippen molar-refractivity contribution in [2.24, 2.45) is 0 Å². The van der Waals surface area contributed by atoms with Gasteiger partial charge < -0.3 is 10.6 Å². The summed E-state index contributed by atoms with van der Waals surface area (Å²) in [6.07, 6.45) is 1.67. The highest BCUT2D eigenvalue weighted by Gasteiger charge is 2.08. The third-order valence-corrected chi connectivity index (χ3v) is 3.79. The van der Waals surface area contributed by atoms with Crippen LogP contribution in [0.2, 0.25) is 5.02 Å². The molecule has 0 unspecified atom stereocenters. The van der Waals surface area contributed by atoms with Crippen molar-refractivity contribution in [3.63, 3.8) is 0 Å². The molecule has 7 heteroatoms. The number of carbonyl (C=O) groups excluding carboxylic acids is 1. The van der Waals surface area contributed by atoms with Crippen LogP contribution in [0.5, 0.6) is 0 Å². The highest BCUT2D eigenvalue weighted by molar-refractivity contribution is 7.03. The van der Waals surface area contributed by atoms with Crippen LogP contribution >= 0.6 is 23.1 Å². The number of nitrogens with zero attached hydrogens (tertiary/aromatic N) is 2. The van der Waals surface area contributed by atoms with E-state index in [-0.39, 0.29) is 6.03 Å². The van der Waals surface area contributed by atoms with Crippen LogP contribution in [0.15, 0.2) is 41.9 Å². The third kappa shape index (κ3) is 3.12. The van der Waals surface area contributed by atoms with Crippen LogP contribution in [0.25, 0.3) is 10.9 Å². The molecule has 2 aromatic heterocycles. The van der Waals surface area contributed by atoms with Crippen LogP contribution in [-0.4, -0.2) is 15.4 Å². The smallest absolute Gasteiger partial charge is 0.319 e. The van der Waals surface area contributed by atoms with Crippen molar-refractivity contribution in [1.29, 1.82) is 0 Å². The third-order valence-electron chi connectivity index (χ3n) is 2.89. The number of hydrogen-bond donors (Lipinski definition) is 2. The van der Waals surface area contributed by atoms with Crippen molar-refractivity contribution >= 4 is 45.8 Å². The number of nitrogens with one attached hydrogen (secondary N) is 2. The standard InChI is InChI=1S/C14H11ClN4OS/c15-11-3-4-12(10-2-1-6-16-13(10)11)18-14(20)17-8-9-5-7-21-19-9/h1-7H,8H2,(H2,17,18,20). The maximum absolute atomic E-state index is 11.9. The zero-order valence-corrected chi connectivity index (χ0v) is 12.4. The summed E-state index contributed by atoms with van der Waals surface area (Å²) >= 11 is 7.45. The molecule has 0 spiro atoms. The lowest BCUT2D eigenvalue weighted by Crippen LogP contribution is -2.28. The number of fused-ring (bicyclic) bond motifs is 1. The molecule has 0 bridgehead atoms. The molecule has 0 aliphatic carbocycles. The fourth-order valence-electron chi connectivity index (χ4n) is 1.91. The van der Waals surface area contributed by atoms with Crippen LogP contribution in [-0.2, 0) is 6.54 Å². The Labute approximate surface area is 130 Å². The van der Waals surface area contributed by atoms with Crippen molar-refractivity contribution in [2.75, 3.05) is 5.32 Å². The second kappa shape index (κ2) is 6.07. The zero-order valence-electron chi connectivity index (χ0n) is 10.8. The number of aromatic nitrogens is 2. The average molecular weight is 319 g/mol. The molecule has 1 aromatic carbocycles. The lowest BCUT2D eigenvalue weighted by molar-refractivity contribution is 0.251. The number of amides is 2. The second-order valence-electron chi connectivity index (χ2n) is 4.29. The van der Waals surface area contributed by atoms with E-state index in [1.54, 1.807) is 24.4 Å². The molecule has 2 N–H and O–H groups in total. The second-order valence-corrected chi connectivity index (χ2v) is 5.37. The van der Waals surface area contributed by atoms with Gasteiger partial charge in [0.15, 0.2) is 0 Å². The minimum absolute atomic E-state index is 0.296. The van der Waals surface area contributed by atoms with E-state index in [2.05, 4.69) is 20.0 Å². The van der Waals surface area contributed by atoms with Gasteiger partial charge in [0, 0.05) is 17.0 Å². The fraction of sp³-hybridized carbons (Fsp3) is 0.0714. The van der Waals surface area contributed by atoms with Gasteiger partial charge in [0.2, 0.25) is 0 Å². The molecule has 0 aliphatic heterocycles. The molecule has 2 amide bonds. The maximum Gasteiger partial charge on any atom is 0.319 e. The van der Waals surface area contributed by atoms with E-state index in [0.29, 0.717) is 22.8 Å². The molecule has 5 nitrogen and oxygen atoms in total. The van der Waals surface area contributed by atoms with Gasteiger partial charge in [0.1, 0.15) is 0 Å². The highest BCUT2D eigenvalue weighted by atomic mass is 35.5. The Hall–Kier alpha value is -2.18.